The fourth-order valence-corrected chi connectivity index (χ4v) is 3.70. The first-order chi connectivity index (χ1) is 14.5. The second-order valence-electron chi connectivity index (χ2n) is 6.95. The molecule has 0 saturated heterocycles. The predicted molar refractivity (Wildman–Crippen MR) is 114 cm³/mol. The SMILES string of the molecule is COc1cccc([C@@H]2C(C(=O)Nc3ccccc3C)=C(C)Nc3ncnn32)c1OC. The predicted octanol–water partition coefficient (Wildman–Crippen LogP) is 3.53. The van der Waals surface area contributed by atoms with Crippen molar-refractivity contribution in [2.24, 2.45) is 0 Å². The van der Waals surface area contributed by atoms with Crippen LogP contribution in [0.3, 0.4) is 0 Å². The van der Waals surface area contributed by atoms with Crippen LogP contribution in [0.1, 0.15) is 24.1 Å². The largest absolute Gasteiger partial charge is 0.493 e. The van der Waals surface area contributed by atoms with Crippen molar-refractivity contribution in [1.29, 1.82) is 0 Å². The minimum Gasteiger partial charge on any atom is -0.493 e. The number of aryl methyl sites for hydroxylation is 1. The number of benzene rings is 2. The van der Waals surface area contributed by atoms with Gasteiger partial charge in [-0.25, -0.2) is 4.68 Å². The lowest BCUT2D eigenvalue weighted by molar-refractivity contribution is -0.113. The van der Waals surface area contributed by atoms with Gasteiger partial charge >= 0.3 is 0 Å². The molecule has 3 aromatic rings. The maximum Gasteiger partial charge on any atom is 0.255 e. The average Bonchev–Trinajstić information content (AvgIpc) is 3.21. The molecule has 1 aliphatic heterocycles. The van der Waals surface area contributed by atoms with E-state index in [-0.39, 0.29) is 5.91 Å². The van der Waals surface area contributed by atoms with Gasteiger partial charge in [-0.1, -0.05) is 30.3 Å². The Kier molecular flexibility index (Phi) is 5.14. The molecule has 0 fully saturated rings. The van der Waals surface area contributed by atoms with Crippen LogP contribution >= 0.6 is 0 Å². The molecule has 2 heterocycles. The number of anilines is 2. The molecule has 0 unspecified atom stereocenters. The summed E-state index contributed by atoms with van der Waals surface area (Å²) in [5.41, 5.74) is 3.69. The van der Waals surface area contributed by atoms with Crippen LogP contribution in [0.15, 0.2) is 60.1 Å². The third kappa shape index (κ3) is 3.26. The number of hydrogen-bond acceptors (Lipinski definition) is 6. The van der Waals surface area contributed by atoms with Crippen LogP contribution in [0.25, 0.3) is 0 Å². The highest BCUT2D eigenvalue weighted by Crippen LogP contribution is 2.42. The number of nitrogens with one attached hydrogen (secondary N) is 2. The van der Waals surface area contributed by atoms with Crippen molar-refractivity contribution in [1.82, 2.24) is 14.8 Å². The molecule has 1 aromatic heterocycles. The van der Waals surface area contributed by atoms with Crippen molar-refractivity contribution in [3.8, 4) is 11.5 Å². The maximum absolute atomic E-state index is 13.5. The number of fused-ring (bicyclic) bond motifs is 1. The monoisotopic (exact) mass is 405 g/mol. The van der Waals surface area contributed by atoms with E-state index in [4.69, 9.17) is 9.47 Å². The number of carbonyl (C=O) groups excluding carboxylic acids is 1. The molecular formula is C22H23N5O3. The van der Waals surface area contributed by atoms with Crippen molar-refractivity contribution in [3.63, 3.8) is 0 Å². The zero-order valence-corrected chi connectivity index (χ0v) is 17.3. The second-order valence-corrected chi connectivity index (χ2v) is 6.95. The van der Waals surface area contributed by atoms with Gasteiger partial charge in [-0.15, -0.1) is 0 Å². The lowest BCUT2D eigenvalue weighted by Crippen LogP contribution is -2.32. The van der Waals surface area contributed by atoms with Crippen LogP contribution in [0.5, 0.6) is 11.5 Å². The number of hydrogen-bond donors (Lipinski definition) is 2. The number of carbonyl (C=O) groups is 1. The molecular weight excluding hydrogens is 382 g/mol. The Labute approximate surface area is 174 Å². The molecule has 0 saturated carbocycles. The first-order valence-corrected chi connectivity index (χ1v) is 9.50. The fraction of sp³-hybridized carbons (Fsp3) is 0.227. The third-order valence-corrected chi connectivity index (χ3v) is 5.16. The van der Waals surface area contributed by atoms with Gasteiger partial charge in [0.05, 0.1) is 19.8 Å². The number of ether oxygens (including phenoxy) is 2. The number of nitrogens with zero attached hydrogens (tertiary/aromatic N) is 3. The van der Waals surface area contributed by atoms with Gasteiger partial charge in [-0.05, 0) is 31.5 Å². The van der Waals surface area contributed by atoms with Crippen LogP contribution in [0, 0.1) is 6.92 Å². The normalized spacial score (nSPS) is 15.3. The zero-order chi connectivity index (χ0) is 21.3. The molecule has 0 radical (unpaired) electrons. The molecule has 2 N–H and O–H groups in total. The van der Waals surface area contributed by atoms with E-state index in [1.165, 1.54) is 6.33 Å². The number of methoxy groups -OCH3 is 2. The second kappa shape index (κ2) is 7.90. The Bertz CT molecular complexity index is 1140. The van der Waals surface area contributed by atoms with Gasteiger partial charge in [0.1, 0.15) is 12.4 Å². The fourth-order valence-electron chi connectivity index (χ4n) is 3.70. The van der Waals surface area contributed by atoms with Gasteiger partial charge in [0.2, 0.25) is 5.95 Å². The summed E-state index contributed by atoms with van der Waals surface area (Å²) in [5, 5.41) is 10.6. The van der Waals surface area contributed by atoms with Crippen LogP contribution in [-0.4, -0.2) is 34.9 Å². The van der Waals surface area contributed by atoms with E-state index in [0.717, 1.165) is 16.8 Å². The number of rotatable bonds is 5. The molecule has 1 aliphatic rings. The van der Waals surface area contributed by atoms with Crippen LogP contribution in [0.4, 0.5) is 11.6 Å². The number of amides is 1. The van der Waals surface area contributed by atoms with Crippen LogP contribution < -0.4 is 20.1 Å². The smallest absolute Gasteiger partial charge is 0.255 e. The Morgan fingerprint density at radius 2 is 1.90 bits per heavy atom. The first kappa shape index (κ1) is 19.5. The third-order valence-electron chi connectivity index (χ3n) is 5.16. The molecule has 8 heteroatoms. The molecule has 154 valence electrons. The molecule has 8 nitrogen and oxygen atoms in total. The zero-order valence-electron chi connectivity index (χ0n) is 17.3. The summed E-state index contributed by atoms with van der Waals surface area (Å²) in [6.07, 6.45) is 1.46. The van der Waals surface area contributed by atoms with E-state index in [2.05, 4.69) is 20.7 Å². The van der Waals surface area contributed by atoms with Crippen molar-refractivity contribution in [2.75, 3.05) is 24.9 Å². The summed E-state index contributed by atoms with van der Waals surface area (Å²) < 4.78 is 12.8. The highest BCUT2D eigenvalue weighted by molar-refractivity contribution is 6.06. The van der Waals surface area contributed by atoms with Gasteiger partial charge in [-0.2, -0.15) is 10.1 Å². The molecule has 1 atom stereocenters. The number of para-hydroxylation sites is 2. The topological polar surface area (TPSA) is 90.3 Å². The van der Waals surface area contributed by atoms with Crippen LogP contribution in [0.2, 0.25) is 0 Å². The standard InChI is InChI=1S/C22H23N5O3/c1-13-8-5-6-10-16(13)26-21(28)18-14(2)25-22-23-12-24-27(22)19(18)15-9-7-11-17(29-3)20(15)30-4/h5-12,19H,1-4H3,(H,26,28)(H,23,24,25)/t19-/m1/s1. The van der Waals surface area contributed by atoms with E-state index in [1.54, 1.807) is 18.9 Å². The molecule has 0 bridgehead atoms. The van der Waals surface area contributed by atoms with E-state index in [1.807, 2.05) is 56.3 Å². The van der Waals surface area contributed by atoms with Gasteiger partial charge in [0.15, 0.2) is 11.5 Å². The van der Waals surface area contributed by atoms with Crippen molar-refractivity contribution < 1.29 is 14.3 Å². The number of aromatic nitrogens is 3. The van der Waals surface area contributed by atoms with Crippen LogP contribution in [-0.2, 0) is 4.79 Å². The Balaban J connectivity index is 1.84. The average molecular weight is 405 g/mol. The highest BCUT2D eigenvalue weighted by atomic mass is 16.5. The summed E-state index contributed by atoms with van der Waals surface area (Å²) in [6.45, 7) is 3.80. The molecule has 2 aromatic carbocycles. The first-order valence-electron chi connectivity index (χ1n) is 9.50. The van der Waals surface area contributed by atoms with Crippen molar-refractivity contribution in [2.45, 2.75) is 19.9 Å². The van der Waals surface area contributed by atoms with E-state index in [0.29, 0.717) is 28.7 Å². The van der Waals surface area contributed by atoms with E-state index >= 15 is 0 Å². The quantitative estimate of drug-likeness (QED) is 0.675. The summed E-state index contributed by atoms with van der Waals surface area (Å²) in [4.78, 5) is 17.7. The van der Waals surface area contributed by atoms with Crippen molar-refractivity contribution >= 4 is 17.5 Å². The highest BCUT2D eigenvalue weighted by Gasteiger charge is 2.36. The Hall–Kier alpha value is -3.81. The lowest BCUT2D eigenvalue weighted by atomic mass is 9.93. The maximum atomic E-state index is 13.5. The van der Waals surface area contributed by atoms with Crippen molar-refractivity contribution in [3.05, 3.63) is 71.2 Å². The molecule has 1 amide bonds. The summed E-state index contributed by atoms with van der Waals surface area (Å²) in [6, 6.07) is 12.7. The summed E-state index contributed by atoms with van der Waals surface area (Å²) in [5.74, 6) is 1.44. The minimum absolute atomic E-state index is 0.231. The van der Waals surface area contributed by atoms with E-state index < -0.39 is 6.04 Å². The Morgan fingerprint density at radius 3 is 2.63 bits per heavy atom. The molecule has 30 heavy (non-hydrogen) atoms. The summed E-state index contributed by atoms with van der Waals surface area (Å²) in [7, 11) is 3.16. The summed E-state index contributed by atoms with van der Waals surface area (Å²) >= 11 is 0. The number of allylic oxidation sites excluding steroid dienone is 1. The molecule has 0 spiro atoms. The minimum atomic E-state index is -0.544. The Morgan fingerprint density at radius 1 is 1.10 bits per heavy atom. The molecule has 4 rings (SSSR count). The van der Waals surface area contributed by atoms with Gasteiger partial charge in [-0.3, -0.25) is 4.79 Å². The van der Waals surface area contributed by atoms with E-state index in [9.17, 15) is 4.79 Å². The lowest BCUT2D eigenvalue weighted by Gasteiger charge is -2.30. The van der Waals surface area contributed by atoms with Gasteiger partial charge < -0.3 is 20.1 Å². The molecule has 0 aliphatic carbocycles. The van der Waals surface area contributed by atoms with Gasteiger partial charge in [0, 0.05) is 16.9 Å². The van der Waals surface area contributed by atoms with Gasteiger partial charge in [0.25, 0.3) is 5.91 Å².